The molecule has 0 saturated carbocycles. The summed E-state index contributed by atoms with van der Waals surface area (Å²) in [6.07, 6.45) is 4.30. The molecule has 1 fully saturated rings. The molecule has 1 aliphatic rings. The molecule has 1 saturated heterocycles. The lowest BCUT2D eigenvalue weighted by atomic mass is 9.95. The molecular weight excluding hydrogens is 212 g/mol. The lowest BCUT2D eigenvalue weighted by Gasteiger charge is -2.32. The molecule has 0 aromatic rings. The third kappa shape index (κ3) is 5.53. The Hall–Kier alpha value is -0.570. The Labute approximate surface area is 106 Å². The number of hydrogen-bond donors (Lipinski definition) is 1. The van der Waals surface area contributed by atoms with Crippen LogP contribution in [0, 0.1) is 5.92 Å². The number of likely N-dealkylation sites (tertiary alicyclic amines) is 1. The molecule has 1 unspecified atom stereocenters. The van der Waals surface area contributed by atoms with Crippen molar-refractivity contribution in [2.45, 2.75) is 58.9 Å². The molecule has 1 atom stereocenters. The number of carbonyl (C=O) groups is 1. The van der Waals surface area contributed by atoms with Crippen LogP contribution in [0.25, 0.3) is 0 Å². The van der Waals surface area contributed by atoms with Gasteiger partial charge in [-0.15, -0.1) is 0 Å². The zero-order chi connectivity index (χ0) is 12.9. The predicted molar refractivity (Wildman–Crippen MR) is 72.0 cm³/mol. The highest BCUT2D eigenvalue weighted by atomic mass is 16.2. The molecule has 1 aliphatic heterocycles. The average Bonchev–Trinajstić information content (AvgIpc) is 2.27. The first-order valence-corrected chi connectivity index (χ1v) is 6.95. The van der Waals surface area contributed by atoms with E-state index in [2.05, 4.69) is 37.9 Å². The first kappa shape index (κ1) is 14.5. The van der Waals surface area contributed by atoms with Crippen LogP contribution in [0.15, 0.2) is 0 Å². The number of piperidine rings is 1. The van der Waals surface area contributed by atoms with E-state index in [-0.39, 0.29) is 5.54 Å². The minimum atomic E-state index is 0.105. The number of nitrogens with zero attached hydrogens (tertiary/aromatic N) is 1. The number of carbonyl (C=O) groups excluding carboxylic acids is 1. The van der Waals surface area contributed by atoms with Crippen molar-refractivity contribution in [1.29, 1.82) is 0 Å². The molecule has 0 aromatic heterocycles. The molecule has 1 rings (SSSR count). The van der Waals surface area contributed by atoms with Gasteiger partial charge in [0.25, 0.3) is 0 Å². The molecule has 17 heavy (non-hydrogen) atoms. The third-order valence-corrected chi connectivity index (χ3v) is 3.44. The summed E-state index contributed by atoms with van der Waals surface area (Å²) < 4.78 is 0. The molecule has 0 bridgehead atoms. The van der Waals surface area contributed by atoms with E-state index in [4.69, 9.17) is 0 Å². The van der Waals surface area contributed by atoms with Gasteiger partial charge in [-0.05, 0) is 39.5 Å². The van der Waals surface area contributed by atoms with Crippen molar-refractivity contribution in [2.24, 2.45) is 5.92 Å². The molecule has 0 aromatic carbocycles. The molecule has 1 N–H and O–H groups in total. The van der Waals surface area contributed by atoms with Gasteiger partial charge in [0.05, 0.1) is 0 Å². The Kier molecular flexibility index (Phi) is 5.44. The van der Waals surface area contributed by atoms with E-state index < -0.39 is 0 Å². The van der Waals surface area contributed by atoms with E-state index in [0.717, 1.165) is 25.6 Å². The van der Waals surface area contributed by atoms with Gasteiger partial charge in [0, 0.05) is 31.6 Å². The summed E-state index contributed by atoms with van der Waals surface area (Å²) in [5.74, 6) is 1.04. The van der Waals surface area contributed by atoms with Crippen molar-refractivity contribution in [3.8, 4) is 0 Å². The van der Waals surface area contributed by atoms with Gasteiger partial charge in [0.1, 0.15) is 0 Å². The predicted octanol–water partition coefficient (Wildman–Crippen LogP) is 2.41. The maximum atomic E-state index is 12.0. The van der Waals surface area contributed by atoms with E-state index in [1.54, 1.807) is 0 Å². The summed E-state index contributed by atoms with van der Waals surface area (Å²) in [5, 5.41) is 3.37. The lowest BCUT2D eigenvalue weighted by molar-refractivity contribution is -0.132. The molecule has 0 radical (unpaired) electrons. The van der Waals surface area contributed by atoms with Crippen LogP contribution in [0.4, 0.5) is 0 Å². The Morgan fingerprint density at radius 3 is 2.71 bits per heavy atom. The second-order valence-electron chi connectivity index (χ2n) is 6.18. The summed E-state index contributed by atoms with van der Waals surface area (Å²) in [7, 11) is 0. The SMILES string of the molecule is CCC1CCCN(C(=O)CCNC(C)(C)C)C1. The standard InChI is InChI=1S/C14H28N2O/c1-5-12-7-6-10-16(11-12)13(17)8-9-15-14(2,3)4/h12,15H,5-11H2,1-4H3. The quantitative estimate of drug-likeness (QED) is 0.818. The fraction of sp³-hybridized carbons (Fsp3) is 0.929. The van der Waals surface area contributed by atoms with Crippen molar-refractivity contribution in [3.63, 3.8) is 0 Å². The van der Waals surface area contributed by atoms with Crippen LogP contribution in [-0.2, 0) is 4.79 Å². The highest BCUT2D eigenvalue weighted by molar-refractivity contribution is 5.76. The van der Waals surface area contributed by atoms with Crippen molar-refractivity contribution >= 4 is 5.91 Å². The molecule has 0 aliphatic carbocycles. The first-order chi connectivity index (χ1) is 7.92. The summed E-state index contributed by atoms with van der Waals surface area (Å²) in [6, 6.07) is 0. The van der Waals surface area contributed by atoms with E-state index in [9.17, 15) is 4.79 Å². The molecular formula is C14H28N2O. The van der Waals surface area contributed by atoms with Crippen molar-refractivity contribution in [3.05, 3.63) is 0 Å². The summed E-state index contributed by atoms with van der Waals surface area (Å²) in [6.45, 7) is 11.3. The smallest absolute Gasteiger partial charge is 0.223 e. The Morgan fingerprint density at radius 2 is 2.12 bits per heavy atom. The molecule has 3 heteroatoms. The van der Waals surface area contributed by atoms with Crippen LogP contribution in [0.3, 0.4) is 0 Å². The van der Waals surface area contributed by atoms with E-state index in [1.807, 2.05) is 0 Å². The average molecular weight is 240 g/mol. The fourth-order valence-corrected chi connectivity index (χ4v) is 2.33. The van der Waals surface area contributed by atoms with Crippen LogP contribution in [0.1, 0.15) is 53.4 Å². The van der Waals surface area contributed by atoms with Gasteiger partial charge in [-0.3, -0.25) is 4.79 Å². The van der Waals surface area contributed by atoms with E-state index >= 15 is 0 Å². The van der Waals surface area contributed by atoms with Gasteiger partial charge in [-0.2, -0.15) is 0 Å². The summed E-state index contributed by atoms with van der Waals surface area (Å²) in [4.78, 5) is 14.1. The molecule has 3 nitrogen and oxygen atoms in total. The number of nitrogens with one attached hydrogen (secondary N) is 1. The largest absolute Gasteiger partial charge is 0.342 e. The third-order valence-electron chi connectivity index (χ3n) is 3.44. The Bertz CT molecular complexity index is 245. The Balaban J connectivity index is 2.27. The molecule has 100 valence electrons. The number of hydrogen-bond acceptors (Lipinski definition) is 2. The number of rotatable bonds is 4. The van der Waals surface area contributed by atoms with Crippen LogP contribution in [0.2, 0.25) is 0 Å². The zero-order valence-corrected chi connectivity index (χ0v) is 11.9. The minimum absolute atomic E-state index is 0.105. The van der Waals surface area contributed by atoms with Gasteiger partial charge in [-0.25, -0.2) is 0 Å². The van der Waals surface area contributed by atoms with Crippen molar-refractivity contribution < 1.29 is 4.79 Å². The first-order valence-electron chi connectivity index (χ1n) is 6.95. The van der Waals surface area contributed by atoms with Gasteiger partial charge in [0.15, 0.2) is 0 Å². The molecule has 1 heterocycles. The Morgan fingerprint density at radius 1 is 1.41 bits per heavy atom. The molecule has 0 spiro atoms. The highest BCUT2D eigenvalue weighted by Crippen LogP contribution is 2.19. The normalized spacial score (nSPS) is 21.6. The van der Waals surface area contributed by atoms with Crippen molar-refractivity contribution in [1.82, 2.24) is 10.2 Å². The monoisotopic (exact) mass is 240 g/mol. The van der Waals surface area contributed by atoms with Gasteiger partial charge in [-0.1, -0.05) is 13.3 Å². The van der Waals surface area contributed by atoms with Gasteiger partial charge < -0.3 is 10.2 Å². The van der Waals surface area contributed by atoms with Crippen LogP contribution in [0.5, 0.6) is 0 Å². The topological polar surface area (TPSA) is 32.3 Å². The number of amides is 1. The van der Waals surface area contributed by atoms with Crippen LogP contribution >= 0.6 is 0 Å². The highest BCUT2D eigenvalue weighted by Gasteiger charge is 2.22. The van der Waals surface area contributed by atoms with E-state index in [0.29, 0.717) is 12.3 Å². The van der Waals surface area contributed by atoms with Crippen molar-refractivity contribution in [2.75, 3.05) is 19.6 Å². The lowest BCUT2D eigenvalue weighted by Crippen LogP contribution is -2.42. The van der Waals surface area contributed by atoms with Crippen LogP contribution < -0.4 is 5.32 Å². The summed E-state index contributed by atoms with van der Waals surface area (Å²) in [5.41, 5.74) is 0.105. The zero-order valence-electron chi connectivity index (χ0n) is 11.9. The van der Waals surface area contributed by atoms with Crippen LogP contribution in [-0.4, -0.2) is 36.0 Å². The second kappa shape index (κ2) is 6.39. The van der Waals surface area contributed by atoms with Gasteiger partial charge in [0.2, 0.25) is 5.91 Å². The van der Waals surface area contributed by atoms with Gasteiger partial charge >= 0.3 is 0 Å². The second-order valence-corrected chi connectivity index (χ2v) is 6.18. The summed E-state index contributed by atoms with van der Waals surface area (Å²) >= 11 is 0. The van der Waals surface area contributed by atoms with E-state index in [1.165, 1.54) is 19.3 Å². The maximum absolute atomic E-state index is 12.0. The molecule has 1 amide bonds. The minimum Gasteiger partial charge on any atom is -0.342 e. The maximum Gasteiger partial charge on any atom is 0.223 e. The fourth-order valence-electron chi connectivity index (χ4n) is 2.33.